The van der Waals surface area contributed by atoms with Gasteiger partial charge in [-0.1, -0.05) is 43.4 Å². The number of hydrogen-bond donors (Lipinski definition) is 1. The van der Waals surface area contributed by atoms with Gasteiger partial charge in [-0.25, -0.2) is 4.58 Å². The molecule has 2 heterocycles. The van der Waals surface area contributed by atoms with Crippen LogP contribution >= 0.6 is 0 Å². The van der Waals surface area contributed by atoms with Gasteiger partial charge in [0, 0.05) is 41.7 Å². The Kier molecular flexibility index (Phi) is 5.61. The molecule has 4 aromatic carbocycles. The van der Waals surface area contributed by atoms with E-state index in [1.165, 1.54) is 55.0 Å². The molecule has 4 heteroatoms. The Morgan fingerprint density at radius 1 is 0.865 bits per heavy atom. The summed E-state index contributed by atoms with van der Waals surface area (Å²) in [5.41, 5.74) is 16.2. The van der Waals surface area contributed by atoms with Crippen molar-refractivity contribution in [3.63, 3.8) is 0 Å². The predicted octanol–water partition coefficient (Wildman–Crippen LogP) is 3.80. The first-order valence-electron chi connectivity index (χ1n) is 13.4. The van der Waals surface area contributed by atoms with E-state index in [0.717, 1.165) is 25.2 Å². The number of nitrogens with two attached hydrogens (primary N) is 1. The van der Waals surface area contributed by atoms with Crippen molar-refractivity contribution in [3.05, 3.63) is 112 Å². The van der Waals surface area contributed by atoms with E-state index in [1.807, 2.05) is 12.1 Å². The molecule has 2 aliphatic rings. The number of anilines is 3. The third-order valence-corrected chi connectivity index (χ3v) is 12.0. The second kappa shape index (κ2) is 8.74. The lowest BCUT2D eigenvalue weighted by molar-refractivity contribution is 0.720. The number of rotatable bonds is 4. The predicted molar refractivity (Wildman–Crippen MR) is 161 cm³/mol. The summed E-state index contributed by atoms with van der Waals surface area (Å²) in [7, 11) is 0.245. The molecule has 37 heavy (non-hydrogen) atoms. The summed E-state index contributed by atoms with van der Waals surface area (Å²) in [6, 6.07) is 29.4. The number of benzene rings is 4. The number of nitrogen functional groups attached to an aromatic ring is 1. The molecule has 0 saturated heterocycles. The first-order valence-corrected chi connectivity index (χ1v) is 16.4. The van der Waals surface area contributed by atoms with E-state index in [0.29, 0.717) is 0 Å². The maximum absolute atomic E-state index is 5.99. The fourth-order valence-corrected chi connectivity index (χ4v) is 9.41. The van der Waals surface area contributed by atoms with Crippen molar-refractivity contribution < 1.29 is 0 Å². The molecule has 0 fully saturated rings. The number of nitrogens with zero attached hydrogens (tertiary/aromatic N) is 2. The van der Waals surface area contributed by atoms with Gasteiger partial charge in [-0.3, -0.25) is 0 Å². The maximum atomic E-state index is 5.99. The Balaban J connectivity index is 1.65. The molecular weight excluding hydrogens is 466 g/mol. The molecule has 186 valence electrons. The highest BCUT2D eigenvalue weighted by Gasteiger charge is 2.37. The van der Waals surface area contributed by atoms with Crippen LogP contribution in [0.15, 0.2) is 78.9 Å². The van der Waals surface area contributed by atoms with E-state index in [-0.39, 0.29) is 0 Å². The average molecular weight is 503 g/mol. The minimum Gasteiger partial charge on any atom is -0.399 e. The molecular formula is C33H36N3Si+. The van der Waals surface area contributed by atoms with Crippen LogP contribution in [0.25, 0.3) is 5.57 Å². The van der Waals surface area contributed by atoms with Gasteiger partial charge in [0.25, 0.3) is 0 Å². The first kappa shape index (κ1) is 23.7. The minimum absolute atomic E-state index is 0.797. The van der Waals surface area contributed by atoms with Crippen LogP contribution in [0, 0.1) is 6.92 Å². The van der Waals surface area contributed by atoms with Crippen molar-refractivity contribution in [3.8, 4) is 0 Å². The summed E-state index contributed by atoms with van der Waals surface area (Å²) < 4.78 is 2.43. The molecule has 0 bridgehead atoms. The summed E-state index contributed by atoms with van der Waals surface area (Å²) in [6.45, 7) is 11.5. The highest BCUT2D eigenvalue weighted by Crippen LogP contribution is 2.31. The van der Waals surface area contributed by atoms with Crippen molar-refractivity contribution in [1.29, 1.82) is 0 Å². The standard InChI is InChI=1S/C33H36N3Si/c1-6-36(25-13-11-24(34)12-14-25)26-15-16-28-31(20-26)37(4,5)32-21-30-23(17-18-35(30)3)19-29(32)33(28)27-10-8-7-9-22(27)2/h7-16,19-21H,6,17-18,34H2,1-5H3/q+1. The van der Waals surface area contributed by atoms with E-state index in [1.54, 1.807) is 5.19 Å². The Morgan fingerprint density at radius 3 is 2.32 bits per heavy atom. The molecule has 0 radical (unpaired) electrons. The van der Waals surface area contributed by atoms with Gasteiger partial charge in [0.2, 0.25) is 5.36 Å². The molecule has 6 rings (SSSR count). The SMILES string of the molecule is CCN(c1ccc(N)cc1)c1ccc2c(c1)[Si](C)(C)c1cc3c(cc1=C2c1ccccc1C)CC[N+]=3C. The lowest BCUT2D eigenvalue weighted by atomic mass is 9.91. The van der Waals surface area contributed by atoms with E-state index in [4.69, 9.17) is 5.73 Å². The zero-order valence-electron chi connectivity index (χ0n) is 22.6. The first-order chi connectivity index (χ1) is 17.8. The molecule has 2 aliphatic heterocycles. The number of aryl methyl sites for hydroxylation is 1. The fourth-order valence-electron chi connectivity index (χ4n) is 6.36. The molecule has 0 saturated carbocycles. The van der Waals surface area contributed by atoms with Gasteiger partial charge >= 0.3 is 0 Å². The largest absolute Gasteiger partial charge is 0.399 e. The van der Waals surface area contributed by atoms with Crippen LogP contribution in [0.3, 0.4) is 0 Å². The Labute approximate surface area is 221 Å². The van der Waals surface area contributed by atoms with Crippen molar-refractivity contribution in [2.75, 3.05) is 30.8 Å². The summed E-state index contributed by atoms with van der Waals surface area (Å²) in [5, 5.41) is 5.94. The van der Waals surface area contributed by atoms with Crippen LogP contribution in [0.1, 0.15) is 29.2 Å². The van der Waals surface area contributed by atoms with Gasteiger partial charge < -0.3 is 10.6 Å². The quantitative estimate of drug-likeness (QED) is 0.262. The van der Waals surface area contributed by atoms with Gasteiger partial charge in [0.1, 0.15) is 21.7 Å². The van der Waals surface area contributed by atoms with Gasteiger partial charge in [-0.15, -0.1) is 0 Å². The number of fused-ring (bicyclic) bond motifs is 3. The van der Waals surface area contributed by atoms with Crippen LogP contribution in [0.2, 0.25) is 13.1 Å². The topological polar surface area (TPSA) is 32.3 Å². The molecule has 0 atom stereocenters. The van der Waals surface area contributed by atoms with E-state index in [2.05, 4.69) is 110 Å². The van der Waals surface area contributed by atoms with E-state index < -0.39 is 8.07 Å². The summed E-state index contributed by atoms with van der Waals surface area (Å²) >= 11 is 0. The molecule has 0 unspecified atom stereocenters. The fraction of sp³-hybridized carbons (Fsp3) is 0.242. The Hall–Kier alpha value is -3.63. The minimum atomic E-state index is -1.99. The zero-order chi connectivity index (χ0) is 25.9. The molecule has 0 spiro atoms. The third kappa shape index (κ3) is 3.74. The Morgan fingerprint density at radius 2 is 1.59 bits per heavy atom. The Bertz CT molecular complexity index is 1670. The second-order valence-corrected chi connectivity index (χ2v) is 15.4. The molecule has 0 aliphatic carbocycles. The van der Waals surface area contributed by atoms with E-state index in [9.17, 15) is 0 Å². The van der Waals surface area contributed by atoms with Gasteiger partial charge in [0.05, 0.1) is 0 Å². The molecule has 2 N–H and O–H groups in total. The van der Waals surface area contributed by atoms with Crippen LogP contribution in [0.4, 0.5) is 17.1 Å². The third-order valence-electron chi connectivity index (χ3n) is 8.48. The molecule has 4 aromatic rings. The van der Waals surface area contributed by atoms with Crippen molar-refractivity contribution >= 4 is 41.1 Å². The molecule has 3 nitrogen and oxygen atoms in total. The van der Waals surface area contributed by atoms with Gasteiger partial charge in [-0.2, -0.15) is 0 Å². The van der Waals surface area contributed by atoms with Crippen molar-refractivity contribution in [1.82, 2.24) is 4.58 Å². The summed E-state index contributed by atoms with van der Waals surface area (Å²) in [5.74, 6) is 0. The average Bonchev–Trinajstić information content (AvgIpc) is 3.26. The van der Waals surface area contributed by atoms with Crippen LogP contribution in [0.5, 0.6) is 0 Å². The smallest absolute Gasteiger partial charge is 0.203 e. The van der Waals surface area contributed by atoms with Crippen LogP contribution in [-0.4, -0.2) is 28.2 Å². The van der Waals surface area contributed by atoms with Gasteiger partial charge in [-0.05, 0) is 94.2 Å². The summed E-state index contributed by atoms with van der Waals surface area (Å²) in [4.78, 5) is 2.39. The van der Waals surface area contributed by atoms with Gasteiger partial charge in [0.15, 0.2) is 0 Å². The number of likely N-dealkylation sites (N-methyl/N-ethyl adjacent to an activating group) is 1. The monoisotopic (exact) mass is 502 g/mol. The highest BCUT2D eigenvalue weighted by atomic mass is 28.3. The lowest BCUT2D eigenvalue weighted by Gasteiger charge is -2.35. The molecule has 0 amide bonds. The van der Waals surface area contributed by atoms with Crippen molar-refractivity contribution in [2.45, 2.75) is 33.4 Å². The summed E-state index contributed by atoms with van der Waals surface area (Å²) in [6.07, 6.45) is 1.13. The second-order valence-electron chi connectivity index (χ2n) is 11.1. The zero-order valence-corrected chi connectivity index (χ0v) is 23.6. The molecule has 0 aromatic heterocycles. The van der Waals surface area contributed by atoms with Crippen LogP contribution in [-0.2, 0) is 6.42 Å². The normalized spacial score (nSPS) is 15.3. The maximum Gasteiger partial charge on any atom is 0.203 e. The highest BCUT2D eigenvalue weighted by molar-refractivity contribution is 7.01. The number of hydrogen-bond acceptors (Lipinski definition) is 2. The lowest BCUT2D eigenvalue weighted by Crippen LogP contribution is -2.63. The van der Waals surface area contributed by atoms with Crippen molar-refractivity contribution in [2.24, 2.45) is 0 Å². The van der Waals surface area contributed by atoms with E-state index >= 15 is 0 Å². The van der Waals surface area contributed by atoms with Crippen LogP contribution < -0.4 is 36.2 Å².